The molecule has 4 rings (SSSR count). The van der Waals surface area contributed by atoms with Gasteiger partial charge in [-0.2, -0.15) is 0 Å². The summed E-state index contributed by atoms with van der Waals surface area (Å²) in [6, 6.07) is 10.8. The molecule has 0 bridgehead atoms. The highest BCUT2D eigenvalue weighted by molar-refractivity contribution is 7.13. The van der Waals surface area contributed by atoms with Crippen LogP contribution in [0, 0.1) is 6.92 Å². The molecule has 3 heterocycles. The third-order valence-electron chi connectivity index (χ3n) is 5.20. The molecule has 0 radical (unpaired) electrons. The van der Waals surface area contributed by atoms with E-state index < -0.39 is 11.7 Å². The van der Waals surface area contributed by atoms with Crippen molar-refractivity contribution < 1.29 is 14.3 Å². The largest absolute Gasteiger partial charge is 0.444 e. The Hall–Kier alpha value is -3.92. The number of amides is 2. The van der Waals surface area contributed by atoms with Gasteiger partial charge in [0.05, 0.1) is 22.6 Å². The number of rotatable bonds is 6. The third-order valence-corrected chi connectivity index (χ3v) is 6.22. The van der Waals surface area contributed by atoms with Gasteiger partial charge >= 0.3 is 6.09 Å². The van der Waals surface area contributed by atoms with E-state index in [1.54, 1.807) is 49.6 Å². The van der Waals surface area contributed by atoms with Crippen molar-refractivity contribution in [3.05, 3.63) is 69.6 Å². The summed E-state index contributed by atoms with van der Waals surface area (Å²) < 4.78 is 7.11. The molecule has 2 amide bonds. The van der Waals surface area contributed by atoms with Crippen molar-refractivity contribution in [2.45, 2.75) is 39.8 Å². The zero-order valence-corrected chi connectivity index (χ0v) is 20.8. The Morgan fingerprint density at radius 1 is 1.17 bits per heavy atom. The molecular formula is C25H27N5O4S. The highest BCUT2D eigenvalue weighted by atomic mass is 32.1. The van der Waals surface area contributed by atoms with Gasteiger partial charge in [0, 0.05) is 18.7 Å². The minimum absolute atomic E-state index is 0.205. The van der Waals surface area contributed by atoms with Gasteiger partial charge in [0.25, 0.3) is 11.5 Å². The number of ether oxygens (including phenoxy) is 1. The van der Waals surface area contributed by atoms with Crippen LogP contribution >= 0.6 is 11.3 Å². The highest BCUT2D eigenvalue weighted by Crippen LogP contribution is 2.40. The number of H-pyrrole nitrogens is 1. The Bertz CT molecular complexity index is 1430. The van der Waals surface area contributed by atoms with Gasteiger partial charge in [0.15, 0.2) is 0 Å². The van der Waals surface area contributed by atoms with Crippen LogP contribution in [0.15, 0.2) is 52.9 Å². The number of hydrogen-bond donors (Lipinski definition) is 3. The van der Waals surface area contributed by atoms with Crippen molar-refractivity contribution in [2.75, 3.05) is 11.9 Å². The molecule has 0 saturated carbocycles. The summed E-state index contributed by atoms with van der Waals surface area (Å²) in [5, 5.41) is 7.67. The molecule has 3 aromatic heterocycles. The topological polar surface area (TPSA) is 118 Å². The predicted octanol–water partition coefficient (Wildman–Crippen LogP) is 4.54. The number of carbonyl (C=O) groups is 2. The predicted molar refractivity (Wildman–Crippen MR) is 137 cm³/mol. The maximum absolute atomic E-state index is 13.1. The number of thiophene rings is 1. The van der Waals surface area contributed by atoms with Gasteiger partial charge in [-0.25, -0.2) is 9.78 Å². The second kappa shape index (κ2) is 9.75. The second-order valence-corrected chi connectivity index (χ2v) is 9.90. The zero-order valence-electron chi connectivity index (χ0n) is 20.0. The molecule has 0 saturated heterocycles. The lowest BCUT2D eigenvalue weighted by atomic mass is 10.2. The number of anilines is 1. The van der Waals surface area contributed by atoms with E-state index >= 15 is 0 Å². The zero-order chi connectivity index (χ0) is 25.2. The molecule has 9 nitrogen and oxygen atoms in total. The SMILES string of the molecule is Cc1ccsc1-c1c(NC(=O)c2ccccc2)c2nc[nH]c(=O)c2n1CCNC(=O)OC(C)(C)C. The van der Waals surface area contributed by atoms with Crippen molar-refractivity contribution in [2.24, 2.45) is 0 Å². The lowest BCUT2D eigenvalue weighted by molar-refractivity contribution is 0.0526. The number of aryl methyl sites for hydroxylation is 1. The second-order valence-electron chi connectivity index (χ2n) is 8.99. The number of aromatic nitrogens is 3. The summed E-state index contributed by atoms with van der Waals surface area (Å²) >= 11 is 1.50. The number of benzene rings is 1. The van der Waals surface area contributed by atoms with Crippen LogP contribution in [0.3, 0.4) is 0 Å². The van der Waals surface area contributed by atoms with Gasteiger partial charge in [0.1, 0.15) is 16.6 Å². The normalized spacial score (nSPS) is 11.4. The summed E-state index contributed by atoms with van der Waals surface area (Å²) in [6.45, 7) is 7.80. The Morgan fingerprint density at radius 3 is 2.57 bits per heavy atom. The molecule has 0 unspecified atom stereocenters. The monoisotopic (exact) mass is 493 g/mol. The molecular weight excluding hydrogens is 466 g/mol. The minimum atomic E-state index is -0.626. The first-order valence-electron chi connectivity index (χ1n) is 11.1. The van der Waals surface area contributed by atoms with Gasteiger partial charge in [0.2, 0.25) is 0 Å². The van der Waals surface area contributed by atoms with Gasteiger partial charge in [-0.1, -0.05) is 18.2 Å². The van der Waals surface area contributed by atoms with Crippen molar-refractivity contribution in [3.8, 4) is 10.6 Å². The van der Waals surface area contributed by atoms with Gasteiger partial charge < -0.3 is 24.9 Å². The Labute approximate surface area is 206 Å². The number of nitrogens with zero attached hydrogens (tertiary/aromatic N) is 2. The summed E-state index contributed by atoms with van der Waals surface area (Å²) in [7, 11) is 0. The molecule has 4 aromatic rings. The van der Waals surface area contributed by atoms with Crippen LogP contribution in [0.4, 0.5) is 10.5 Å². The first-order valence-corrected chi connectivity index (χ1v) is 12.0. The van der Waals surface area contributed by atoms with Crippen LogP contribution in [0.25, 0.3) is 21.6 Å². The highest BCUT2D eigenvalue weighted by Gasteiger charge is 2.25. The molecule has 182 valence electrons. The molecule has 0 fully saturated rings. The number of nitrogens with one attached hydrogen (secondary N) is 3. The average molecular weight is 494 g/mol. The smallest absolute Gasteiger partial charge is 0.407 e. The van der Waals surface area contributed by atoms with E-state index in [4.69, 9.17) is 4.74 Å². The molecule has 10 heteroatoms. The van der Waals surface area contributed by atoms with Crippen molar-refractivity contribution in [1.29, 1.82) is 0 Å². The van der Waals surface area contributed by atoms with Crippen LogP contribution < -0.4 is 16.2 Å². The molecule has 35 heavy (non-hydrogen) atoms. The van der Waals surface area contributed by atoms with Crippen LogP contribution in [-0.2, 0) is 11.3 Å². The van der Waals surface area contributed by atoms with E-state index in [0.717, 1.165) is 10.4 Å². The van der Waals surface area contributed by atoms with Gasteiger partial charge in [-0.3, -0.25) is 9.59 Å². The molecule has 0 spiro atoms. The van der Waals surface area contributed by atoms with E-state index in [0.29, 0.717) is 28.0 Å². The Balaban J connectivity index is 1.79. The number of alkyl carbamates (subject to hydrolysis) is 1. The van der Waals surface area contributed by atoms with Gasteiger partial charge in [-0.15, -0.1) is 11.3 Å². The van der Waals surface area contributed by atoms with Crippen LogP contribution in [0.5, 0.6) is 0 Å². The Morgan fingerprint density at radius 2 is 1.91 bits per heavy atom. The summed E-state index contributed by atoms with van der Waals surface area (Å²) in [6.07, 6.45) is 0.768. The lowest BCUT2D eigenvalue weighted by Gasteiger charge is -2.20. The molecule has 0 aliphatic heterocycles. The minimum Gasteiger partial charge on any atom is -0.444 e. The average Bonchev–Trinajstić information content (AvgIpc) is 3.34. The molecule has 1 aromatic carbocycles. The van der Waals surface area contributed by atoms with E-state index in [2.05, 4.69) is 20.6 Å². The van der Waals surface area contributed by atoms with Crippen molar-refractivity contribution in [3.63, 3.8) is 0 Å². The first kappa shape index (κ1) is 24.2. The third kappa shape index (κ3) is 5.27. The van der Waals surface area contributed by atoms with E-state index in [1.165, 1.54) is 17.7 Å². The van der Waals surface area contributed by atoms with Crippen LogP contribution in [-0.4, -0.2) is 38.7 Å². The Kier molecular flexibility index (Phi) is 6.74. The summed E-state index contributed by atoms with van der Waals surface area (Å²) in [5.74, 6) is -0.311. The van der Waals surface area contributed by atoms with E-state index in [-0.39, 0.29) is 24.6 Å². The number of aromatic amines is 1. The lowest BCUT2D eigenvalue weighted by Crippen LogP contribution is -2.34. The molecule has 0 aliphatic rings. The first-order chi connectivity index (χ1) is 16.7. The number of hydrogen-bond acceptors (Lipinski definition) is 6. The van der Waals surface area contributed by atoms with Crippen LogP contribution in [0.2, 0.25) is 0 Å². The fourth-order valence-electron chi connectivity index (χ4n) is 3.74. The van der Waals surface area contributed by atoms with Crippen molar-refractivity contribution >= 4 is 40.1 Å². The van der Waals surface area contributed by atoms with Crippen LogP contribution in [0.1, 0.15) is 36.7 Å². The number of fused-ring (bicyclic) bond motifs is 1. The fourth-order valence-corrected chi connectivity index (χ4v) is 4.72. The summed E-state index contributed by atoms with van der Waals surface area (Å²) in [5.41, 5.74) is 2.30. The molecule has 3 N–H and O–H groups in total. The maximum atomic E-state index is 13.1. The number of carbonyl (C=O) groups excluding carboxylic acids is 2. The summed E-state index contributed by atoms with van der Waals surface area (Å²) in [4.78, 5) is 46.1. The molecule has 0 aliphatic carbocycles. The quantitative estimate of drug-likeness (QED) is 0.364. The standard InChI is InChI=1S/C25H27N5O4S/c1-15-10-13-35-21(15)19-18(29-22(31)16-8-6-5-7-9-16)17-20(23(32)28-14-27-17)30(19)12-11-26-24(33)34-25(2,3)4/h5-10,13-14H,11-12H2,1-4H3,(H,26,33)(H,29,31)(H,27,28,32). The molecule has 0 atom stereocenters. The fraction of sp³-hybridized carbons (Fsp3) is 0.280. The van der Waals surface area contributed by atoms with E-state index in [1.807, 2.05) is 24.4 Å². The van der Waals surface area contributed by atoms with Gasteiger partial charge in [-0.05, 0) is 56.8 Å². The van der Waals surface area contributed by atoms with E-state index in [9.17, 15) is 14.4 Å². The maximum Gasteiger partial charge on any atom is 0.407 e. The van der Waals surface area contributed by atoms with Crippen molar-refractivity contribution in [1.82, 2.24) is 19.9 Å².